The first-order chi connectivity index (χ1) is 9.43. The highest BCUT2D eigenvalue weighted by Gasteiger charge is 2.15. The van der Waals surface area contributed by atoms with E-state index in [0.29, 0.717) is 17.1 Å². The number of benzene rings is 1. The van der Waals surface area contributed by atoms with Crippen LogP contribution in [-0.4, -0.2) is 49.6 Å². The van der Waals surface area contributed by atoms with Crippen LogP contribution in [0, 0.1) is 0 Å². The van der Waals surface area contributed by atoms with Crippen LogP contribution in [0.2, 0.25) is 0 Å². The van der Waals surface area contributed by atoms with Crippen LogP contribution in [0.5, 0.6) is 5.75 Å². The smallest absolute Gasteiger partial charge is 0.237 e. The summed E-state index contributed by atoms with van der Waals surface area (Å²) in [7, 11) is 5.59. The van der Waals surface area contributed by atoms with Crippen molar-refractivity contribution >= 4 is 29.0 Å². The van der Waals surface area contributed by atoms with Gasteiger partial charge in [0.1, 0.15) is 5.75 Å². The van der Waals surface area contributed by atoms with E-state index in [4.69, 9.17) is 10.5 Å². The summed E-state index contributed by atoms with van der Waals surface area (Å²) in [5.74, 6) is 1.46. The van der Waals surface area contributed by atoms with E-state index in [9.17, 15) is 4.79 Å². The van der Waals surface area contributed by atoms with Crippen LogP contribution in [0.25, 0.3) is 0 Å². The van der Waals surface area contributed by atoms with Crippen molar-refractivity contribution in [3.8, 4) is 5.75 Å². The Labute approximate surface area is 124 Å². The number of amides is 1. The van der Waals surface area contributed by atoms with Gasteiger partial charge in [0.25, 0.3) is 0 Å². The minimum absolute atomic E-state index is 0.0307. The van der Waals surface area contributed by atoms with Crippen molar-refractivity contribution in [2.75, 3.05) is 44.6 Å². The zero-order valence-electron chi connectivity index (χ0n) is 12.5. The molecule has 0 spiro atoms. The number of ether oxygens (including phenoxy) is 1. The first kappa shape index (κ1) is 16.7. The number of hydrogen-bond acceptors (Lipinski definition) is 5. The van der Waals surface area contributed by atoms with Crippen molar-refractivity contribution in [2.45, 2.75) is 12.2 Å². The van der Waals surface area contributed by atoms with Crippen molar-refractivity contribution in [1.29, 1.82) is 0 Å². The first-order valence-corrected chi connectivity index (χ1v) is 7.49. The average Bonchev–Trinajstić information content (AvgIpc) is 2.40. The number of thioether (sulfide) groups is 1. The molecule has 20 heavy (non-hydrogen) atoms. The van der Waals surface area contributed by atoms with Crippen LogP contribution in [0.1, 0.15) is 6.92 Å². The summed E-state index contributed by atoms with van der Waals surface area (Å²) >= 11 is 1.63. The van der Waals surface area contributed by atoms with Gasteiger partial charge in [0, 0.05) is 24.1 Å². The predicted molar refractivity (Wildman–Crippen MR) is 86.5 cm³/mol. The van der Waals surface area contributed by atoms with E-state index < -0.39 is 0 Å². The van der Waals surface area contributed by atoms with E-state index in [2.05, 4.69) is 10.2 Å². The Morgan fingerprint density at radius 3 is 2.80 bits per heavy atom. The van der Waals surface area contributed by atoms with Crippen LogP contribution in [0.3, 0.4) is 0 Å². The molecule has 1 aromatic rings. The fourth-order valence-electron chi connectivity index (χ4n) is 1.53. The fraction of sp³-hybridized carbons (Fsp3) is 0.500. The third-order valence-electron chi connectivity index (χ3n) is 2.76. The molecule has 0 heterocycles. The average molecular weight is 297 g/mol. The minimum Gasteiger partial charge on any atom is -0.494 e. The second-order valence-corrected chi connectivity index (χ2v) is 6.21. The van der Waals surface area contributed by atoms with Crippen LogP contribution in [0.15, 0.2) is 18.2 Å². The van der Waals surface area contributed by atoms with Gasteiger partial charge in [-0.05, 0) is 33.2 Å². The highest BCUT2D eigenvalue weighted by atomic mass is 32.2. The van der Waals surface area contributed by atoms with E-state index in [-0.39, 0.29) is 11.2 Å². The summed E-state index contributed by atoms with van der Waals surface area (Å²) < 4.78 is 5.21. The lowest BCUT2D eigenvalue weighted by Crippen LogP contribution is -2.24. The number of anilines is 2. The molecular weight excluding hydrogens is 274 g/mol. The molecule has 0 bridgehead atoms. The predicted octanol–water partition coefficient (Wildman–Crippen LogP) is 1.90. The maximum absolute atomic E-state index is 12.1. The molecule has 1 amide bonds. The summed E-state index contributed by atoms with van der Waals surface area (Å²) in [6, 6.07) is 5.19. The number of methoxy groups -OCH3 is 1. The molecule has 3 N–H and O–H groups in total. The van der Waals surface area contributed by atoms with Gasteiger partial charge in [0.15, 0.2) is 0 Å². The SMILES string of the molecule is COc1cc(N)ccc1NC(=O)C(C)SCCN(C)C. The molecule has 6 heteroatoms. The Morgan fingerprint density at radius 1 is 1.50 bits per heavy atom. The second kappa shape index (κ2) is 8.01. The molecule has 5 nitrogen and oxygen atoms in total. The number of nitrogens with zero attached hydrogens (tertiary/aromatic N) is 1. The summed E-state index contributed by atoms with van der Waals surface area (Å²) in [4.78, 5) is 14.2. The summed E-state index contributed by atoms with van der Waals surface area (Å²) in [6.45, 7) is 2.85. The largest absolute Gasteiger partial charge is 0.494 e. The van der Waals surface area contributed by atoms with Gasteiger partial charge in [-0.25, -0.2) is 0 Å². The molecule has 0 saturated heterocycles. The third kappa shape index (κ3) is 5.30. The van der Waals surface area contributed by atoms with Gasteiger partial charge in [-0.15, -0.1) is 11.8 Å². The van der Waals surface area contributed by atoms with Crippen LogP contribution in [-0.2, 0) is 4.79 Å². The molecular formula is C14H23N3O2S. The minimum atomic E-state index is -0.114. The number of carbonyl (C=O) groups excluding carboxylic acids is 1. The van der Waals surface area contributed by atoms with Gasteiger partial charge in [-0.3, -0.25) is 4.79 Å². The number of rotatable bonds is 7. The van der Waals surface area contributed by atoms with E-state index in [1.165, 1.54) is 0 Å². The first-order valence-electron chi connectivity index (χ1n) is 6.44. The number of nitrogens with two attached hydrogens (primary N) is 1. The van der Waals surface area contributed by atoms with Crippen molar-refractivity contribution in [3.05, 3.63) is 18.2 Å². The zero-order chi connectivity index (χ0) is 15.1. The van der Waals surface area contributed by atoms with E-state index in [0.717, 1.165) is 12.3 Å². The highest BCUT2D eigenvalue weighted by Crippen LogP contribution is 2.27. The van der Waals surface area contributed by atoms with Gasteiger partial charge in [0.2, 0.25) is 5.91 Å². The Kier molecular flexibility index (Phi) is 6.67. The number of nitrogen functional groups attached to an aromatic ring is 1. The second-order valence-electron chi connectivity index (χ2n) is 4.77. The van der Waals surface area contributed by atoms with Crippen molar-refractivity contribution in [3.63, 3.8) is 0 Å². The molecule has 112 valence electrons. The van der Waals surface area contributed by atoms with Gasteiger partial charge < -0.3 is 20.7 Å². The zero-order valence-corrected chi connectivity index (χ0v) is 13.3. The maximum atomic E-state index is 12.1. The molecule has 0 fully saturated rings. The van der Waals surface area contributed by atoms with Crippen molar-refractivity contribution in [1.82, 2.24) is 4.90 Å². The lowest BCUT2D eigenvalue weighted by atomic mass is 10.2. The van der Waals surface area contributed by atoms with Gasteiger partial charge in [-0.1, -0.05) is 0 Å². The van der Waals surface area contributed by atoms with Crippen LogP contribution < -0.4 is 15.8 Å². The lowest BCUT2D eigenvalue weighted by Gasteiger charge is -2.15. The molecule has 0 aliphatic rings. The van der Waals surface area contributed by atoms with Gasteiger partial charge in [0.05, 0.1) is 18.0 Å². The molecule has 0 saturated carbocycles. The molecule has 0 aromatic heterocycles. The van der Waals surface area contributed by atoms with Gasteiger partial charge in [-0.2, -0.15) is 0 Å². The molecule has 0 radical (unpaired) electrons. The normalized spacial score (nSPS) is 12.2. The van der Waals surface area contributed by atoms with Crippen LogP contribution >= 0.6 is 11.8 Å². The Hall–Kier alpha value is -1.40. The molecule has 1 rings (SSSR count). The summed E-state index contributed by atoms with van der Waals surface area (Å²) in [5.41, 5.74) is 6.94. The molecule has 0 aliphatic carbocycles. The maximum Gasteiger partial charge on any atom is 0.237 e. The molecule has 0 aliphatic heterocycles. The number of nitrogens with one attached hydrogen (secondary N) is 1. The third-order valence-corrected chi connectivity index (χ3v) is 3.89. The Morgan fingerprint density at radius 2 is 2.20 bits per heavy atom. The summed E-state index contributed by atoms with van der Waals surface area (Å²) in [5, 5.41) is 2.76. The quantitative estimate of drug-likeness (QED) is 0.752. The molecule has 1 atom stereocenters. The lowest BCUT2D eigenvalue weighted by molar-refractivity contribution is -0.115. The topological polar surface area (TPSA) is 67.6 Å². The molecule has 1 unspecified atom stereocenters. The number of hydrogen-bond donors (Lipinski definition) is 2. The monoisotopic (exact) mass is 297 g/mol. The number of carbonyl (C=O) groups is 1. The van der Waals surface area contributed by atoms with Crippen molar-refractivity contribution in [2.24, 2.45) is 0 Å². The Balaban J connectivity index is 2.57. The van der Waals surface area contributed by atoms with E-state index in [1.54, 1.807) is 37.1 Å². The summed E-state index contributed by atoms with van der Waals surface area (Å²) in [6.07, 6.45) is 0. The Bertz CT molecular complexity index is 452. The van der Waals surface area contributed by atoms with E-state index in [1.807, 2.05) is 21.0 Å². The van der Waals surface area contributed by atoms with E-state index >= 15 is 0 Å². The van der Waals surface area contributed by atoms with Gasteiger partial charge >= 0.3 is 0 Å². The standard InChI is InChI=1S/C14H23N3O2S/c1-10(20-8-7-17(2)3)14(18)16-12-6-5-11(15)9-13(12)19-4/h5-6,9-10H,7-8,15H2,1-4H3,(H,16,18). The molecule has 1 aromatic carbocycles. The highest BCUT2D eigenvalue weighted by molar-refractivity contribution is 8.00. The fourth-order valence-corrected chi connectivity index (χ4v) is 2.57. The van der Waals surface area contributed by atoms with Crippen LogP contribution in [0.4, 0.5) is 11.4 Å². The van der Waals surface area contributed by atoms with Crippen molar-refractivity contribution < 1.29 is 9.53 Å².